The van der Waals surface area contributed by atoms with E-state index in [0.717, 1.165) is 44.2 Å². The highest BCUT2D eigenvalue weighted by Crippen LogP contribution is 2.34. The standard InChI is InChI=1S/C19H14Cl2N2.C12H9Cl2N.C7H4FN/c20-15-5-9-17(10-6-15)23(18-11-7-16(21)8-12-18)19-4-2-1-3-14(19)13-22;13-9-1-5-11(6-2-9)15-12-7-3-10(14)4-8-12;8-7-4-2-1-3-6(7)5-9/h1-11,18H,12H2;1-8,15H;1-4H. The maximum absolute atomic E-state index is 12.4. The number of allylic oxidation sites excluding steroid dienone is 2. The molecule has 0 bridgehead atoms. The van der Waals surface area contributed by atoms with Crippen molar-refractivity contribution in [3.63, 3.8) is 0 Å². The smallest absolute Gasteiger partial charge is 0.140 e. The summed E-state index contributed by atoms with van der Waals surface area (Å²) in [5, 5.41) is 23.8. The van der Waals surface area contributed by atoms with Crippen LogP contribution in [-0.4, -0.2) is 6.04 Å². The topological polar surface area (TPSA) is 62.9 Å². The Kier molecular flexibility index (Phi) is 13.3. The van der Waals surface area contributed by atoms with Gasteiger partial charge >= 0.3 is 0 Å². The van der Waals surface area contributed by atoms with E-state index < -0.39 is 5.82 Å². The first-order valence-corrected chi connectivity index (χ1v) is 15.8. The van der Waals surface area contributed by atoms with Crippen LogP contribution in [0.25, 0.3) is 0 Å². The summed E-state index contributed by atoms with van der Waals surface area (Å²) in [5.41, 5.74) is 4.59. The Morgan fingerprint density at radius 3 is 1.60 bits per heavy atom. The minimum absolute atomic E-state index is 0.0909. The molecule has 5 aromatic carbocycles. The summed E-state index contributed by atoms with van der Waals surface area (Å²) in [7, 11) is 0. The second-order valence-electron chi connectivity index (χ2n) is 9.96. The molecule has 0 saturated heterocycles. The molecule has 4 nitrogen and oxygen atoms in total. The average Bonchev–Trinajstić information content (AvgIpc) is 3.10. The highest BCUT2D eigenvalue weighted by molar-refractivity contribution is 6.31. The summed E-state index contributed by atoms with van der Waals surface area (Å²) in [5.74, 6) is -0.458. The molecule has 1 N–H and O–H groups in total. The predicted octanol–water partition coefficient (Wildman–Crippen LogP) is 12.2. The Balaban J connectivity index is 0.000000178. The zero-order chi connectivity index (χ0) is 33.6. The van der Waals surface area contributed by atoms with E-state index in [9.17, 15) is 9.65 Å². The minimum atomic E-state index is -0.458. The fraction of sp³-hybridized carbons (Fsp3) is 0.0526. The Hall–Kier alpha value is -4.75. The molecule has 0 aromatic heterocycles. The highest BCUT2D eigenvalue weighted by atomic mass is 35.5. The van der Waals surface area contributed by atoms with Gasteiger partial charge in [0.1, 0.15) is 18.0 Å². The lowest BCUT2D eigenvalue weighted by atomic mass is 10.0. The second-order valence-corrected chi connectivity index (χ2v) is 11.7. The van der Waals surface area contributed by atoms with Gasteiger partial charge in [-0.3, -0.25) is 0 Å². The van der Waals surface area contributed by atoms with Crippen LogP contribution in [0.1, 0.15) is 17.5 Å². The van der Waals surface area contributed by atoms with Crippen molar-refractivity contribution in [2.45, 2.75) is 12.5 Å². The number of para-hydroxylation sites is 1. The summed E-state index contributed by atoms with van der Waals surface area (Å²) < 4.78 is 12.4. The second kappa shape index (κ2) is 17.8. The Morgan fingerprint density at radius 2 is 1.13 bits per heavy atom. The third kappa shape index (κ3) is 10.6. The van der Waals surface area contributed by atoms with Crippen LogP contribution < -0.4 is 10.2 Å². The van der Waals surface area contributed by atoms with E-state index in [1.165, 1.54) is 12.1 Å². The molecule has 9 heteroatoms. The van der Waals surface area contributed by atoms with Crippen LogP contribution in [0.4, 0.5) is 27.1 Å². The van der Waals surface area contributed by atoms with Crippen molar-refractivity contribution in [2.24, 2.45) is 0 Å². The van der Waals surface area contributed by atoms with E-state index in [0.29, 0.717) is 10.6 Å². The number of nitriles is 2. The van der Waals surface area contributed by atoms with Crippen LogP contribution in [0.3, 0.4) is 0 Å². The largest absolute Gasteiger partial charge is 0.356 e. The van der Waals surface area contributed by atoms with Gasteiger partial charge in [-0.1, -0.05) is 82.8 Å². The van der Waals surface area contributed by atoms with Crippen LogP contribution >= 0.6 is 46.4 Å². The maximum atomic E-state index is 12.4. The van der Waals surface area contributed by atoms with E-state index in [-0.39, 0.29) is 11.6 Å². The first kappa shape index (κ1) is 35.1. The molecule has 0 spiro atoms. The molecule has 234 valence electrons. The number of benzene rings is 5. The van der Waals surface area contributed by atoms with Crippen molar-refractivity contribution in [1.29, 1.82) is 10.5 Å². The van der Waals surface area contributed by atoms with Gasteiger partial charge in [-0.25, -0.2) is 4.39 Å². The van der Waals surface area contributed by atoms with Gasteiger partial charge in [-0.2, -0.15) is 10.5 Å². The van der Waals surface area contributed by atoms with Crippen molar-refractivity contribution in [1.82, 2.24) is 0 Å². The number of anilines is 4. The Labute approximate surface area is 294 Å². The van der Waals surface area contributed by atoms with Gasteiger partial charge in [0.15, 0.2) is 0 Å². The lowest BCUT2D eigenvalue weighted by Gasteiger charge is -2.33. The summed E-state index contributed by atoms with van der Waals surface area (Å²) in [6.45, 7) is 0. The highest BCUT2D eigenvalue weighted by Gasteiger charge is 2.22. The summed E-state index contributed by atoms with van der Waals surface area (Å²) >= 11 is 23.6. The normalized spacial score (nSPS) is 12.9. The summed E-state index contributed by atoms with van der Waals surface area (Å²) in [6, 6.07) is 40.3. The predicted molar refractivity (Wildman–Crippen MR) is 194 cm³/mol. The molecule has 1 unspecified atom stereocenters. The minimum Gasteiger partial charge on any atom is -0.356 e. The number of rotatable bonds is 5. The van der Waals surface area contributed by atoms with Crippen molar-refractivity contribution < 1.29 is 4.39 Å². The molecule has 0 heterocycles. The van der Waals surface area contributed by atoms with E-state index in [4.69, 9.17) is 51.7 Å². The van der Waals surface area contributed by atoms with E-state index in [1.807, 2.05) is 109 Å². The van der Waals surface area contributed by atoms with Crippen LogP contribution in [0.2, 0.25) is 15.1 Å². The molecule has 0 saturated carbocycles. The third-order valence-electron chi connectivity index (χ3n) is 6.72. The van der Waals surface area contributed by atoms with Gasteiger partial charge in [0.2, 0.25) is 0 Å². The number of nitrogens with one attached hydrogen (secondary N) is 1. The molecule has 5 aromatic rings. The van der Waals surface area contributed by atoms with Gasteiger partial charge < -0.3 is 10.2 Å². The van der Waals surface area contributed by atoms with Gasteiger partial charge in [0.25, 0.3) is 0 Å². The van der Waals surface area contributed by atoms with Crippen LogP contribution in [0, 0.1) is 28.5 Å². The van der Waals surface area contributed by atoms with E-state index in [2.05, 4.69) is 22.4 Å². The van der Waals surface area contributed by atoms with Crippen molar-refractivity contribution in [3.8, 4) is 12.1 Å². The molecule has 0 radical (unpaired) electrons. The van der Waals surface area contributed by atoms with Gasteiger partial charge in [-0.05, 0) is 110 Å². The first-order chi connectivity index (χ1) is 22.8. The lowest BCUT2D eigenvalue weighted by molar-refractivity contribution is 0.624. The van der Waals surface area contributed by atoms with Crippen molar-refractivity contribution >= 4 is 69.2 Å². The van der Waals surface area contributed by atoms with E-state index >= 15 is 0 Å². The number of nitrogens with zero attached hydrogens (tertiary/aromatic N) is 3. The molecule has 47 heavy (non-hydrogen) atoms. The molecule has 0 aliphatic heterocycles. The van der Waals surface area contributed by atoms with Crippen molar-refractivity contribution in [2.75, 3.05) is 10.2 Å². The SMILES string of the molecule is Clc1ccc(Nc2ccc(Cl)cc2)cc1.N#Cc1ccccc1F.N#Cc1ccccc1N(c1ccc(Cl)cc1)C1C=CC(Cl)=CC1. The monoisotopic (exact) mass is 698 g/mol. The molecule has 1 aliphatic carbocycles. The fourth-order valence-corrected chi connectivity index (χ4v) is 4.99. The van der Waals surface area contributed by atoms with Gasteiger partial charge in [0, 0.05) is 37.2 Å². The van der Waals surface area contributed by atoms with Crippen LogP contribution in [0.5, 0.6) is 0 Å². The first-order valence-electron chi connectivity index (χ1n) is 14.3. The van der Waals surface area contributed by atoms with E-state index in [1.54, 1.807) is 18.2 Å². The Bertz CT molecular complexity index is 1870. The van der Waals surface area contributed by atoms with Gasteiger partial charge in [-0.15, -0.1) is 0 Å². The fourth-order valence-electron chi connectivity index (χ4n) is 4.45. The number of halogens is 5. The lowest BCUT2D eigenvalue weighted by Crippen LogP contribution is -2.30. The summed E-state index contributed by atoms with van der Waals surface area (Å²) in [4.78, 5) is 2.14. The van der Waals surface area contributed by atoms with Gasteiger partial charge in [0.05, 0.1) is 22.9 Å². The van der Waals surface area contributed by atoms with Crippen molar-refractivity contribution in [3.05, 3.63) is 177 Å². The van der Waals surface area contributed by atoms with Crippen LogP contribution in [-0.2, 0) is 0 Å². The number of hydrogen-bond donors (Lipinski definition) is 1. The quantitative estimate of drug-likeness (QED) is 0.198. The van der Waals surface area contributed by atoms with Crippen LogP contribution in [0.15, 0.2) is 145 Å². The zero-order valence-corrected chi connectivity index (χ0v) is 27.8. The Morgan fingerprint density at radius 1 is 0.638 bits per heavy atom. The number of hydrogen-bond acceptors (Lipinski definition) is 4. The molecule has 6 rings (SSSR count). The molecule has 1 atom stereocenters. The molecule has 1 aliphatic rings. The molecule has 0 fully saturated rings. The molecular weight excluding hydrogens is 673 g/mol. The third-order valence-corrected chi connectivity index (χ3v) is 7.76. The molecule has 0 amide bonds. The summed E-state index contributed by atoms with van der Waals surface area (Å²) in [6.07, 6.45) is 6.72. The molecular formula is C38H27Cl4FN4. The maximum Gasteiger partial charge on any atom is 0.140 e. The average molecular weight is 700 g/mol. The zero-order valence-electron chi connectivity index (χ0n) is 24.8.